The number of rotatable bonds is 6. The van der Waals surface area contributed by atoms with Crippen molar-refractivity contribution in [2.45, 2.75) is 12.5 Å². The third-order valence-electron chi connectivity index (χ3n) is 3.38. The molecule has 0 spiro atoms. The van der Waals surface area contributed by atoms with Gasteiger partial charge in [0.2, 0.25) is 0 Å². The number of morpholine rings is 1. The monoisotopic (exact) mass is 297 g/mol. The maximum absolute atomic E-state index is 12.8. The van der Waals surface area contributed by atoms with E-state index in [4.69, 9.17) is 14.2 Å². The van der Waals surface area contributed by atoms with Gasteiger partial charge in [0, 0.05) is 13.1 Å². The minimum Gasteiger partial charge on any atom is -0.494 e. The van der Waals surface area contributed by atoms with E-state index in [0.29, 0.717) is 32.1 Å². The van der Waals surface area contributed by atoms with Crippen LogP contribution >= 0.6 is 0 Å². The SMILES string of the molecule is COC(=O)C1COCCN1CCCOc1ccc(F)cc1. The summed E-state index contributed by atoms with van der Waals surface area (Å²) in [6, 6.07) is 5.59. The molecule has 0 aromatic heterocycles. The molecule has 5 nitrogen and oxygen atoms in total. The summed E-state index contributed by atoms with van der Waals surface area (Å²) in [5.74, 6) is 0.0913. The van der Waals surface area contributed by atoms with Gasteiger partial charge in [-0.2, -0.15) is 0 Å². The number of hydrogen-bond donors (Lipinski definition) is 0. The Morgan fingerprint density at radius 3 is 2.90 bits per heavy atom. The highest BCUT2D eigenvalue weighted by molar-refractivity contribution is 5.75. The van der Waals surface area contributed by atoms with Crippen LogP contribution in [0.2, 0.25) is 0 Å². The van der Waals surface area contributed by atoms with Crippen LogP contribution in [-0.2, 0) is 14.3 Å². The van der Waals surface area contributed by atoms with Crippen LogP contribution in [0.4, 0.5) is 4.39 Å². The summed E-state index contributed by atoms with van der Waals surface area (Å²) in [4.78, 5) is 13.7. The highest BCUT2D eigenvalue weighted by Crippen LogP contribution is 2.12. The van der Waals surface area contributed by atoms with Crippen LogP contribution < -0.4 is 4.74 Å². The van der Waals surface area contributed by atoms with Crippen molar-refractivity contribution >= 4 is 5.97 Å². The standard InChI is InChI=1S/C15H20FNO4/c1-19-15(18)14-11-20-10-8-17(14)7-2-9-21-13-5-3-12(16)4-6-13/h3-6,14H,2,7-11H2,1H3. The molecule has 1 unspecified atom stereocenters. The summed E-state index contributed by atoms with van der Waals surface area (Å²) < 4.78 is 28.4. The van der Waals surface area contributed by atoms with Crippen molar-refractivity contribution in [3.63, 3.8) is 0 Å². The molecule has 1 aliphatic rings. The summed E-state index contributed by atoms with van der Waals surface area (Å²) >= 11 is 0. The lowest BCUT2D eigenvalue weighted by Crippen LogP contribution is -2.50. The second-order valence-corrected chi connectivity index (χ2v) is 4.81. The van der Waals surface area contributed by atoms with Crippen LogP contribution in [0.5, 0.6) is 5.75 Å². The van der Waals surface area contributed by atoms with E-state index in [1.165, 1.54) is 19.2 Å². The van der Waals surface area contributed by atoms with E-state index < -0.39 is 0 Å². The Bertz CT molecular complexity index is 451. The summed E-state index contributed by atoms with van der Waals surface area (Å²) in [6.07, 6.45) is 0.769. The van der Waals surface area contributed by atoms with Crippen molar-refractivity contribution in [1.82, 2.24) is 4.90 Å². The molecule has 2 rings (SSSR count). The summed E-state index contributed by atoms with van der Waals surface area (Å²) in [5, 5.41) is 0. The zero-order chi connectivity index (χ0) is 15.1. The average molecular weight is 297 g/mol. The van der Waals surface area contributed by atoms with E-state index in [1.54, 1.807) is 12.1 Å². The zero-order valence-corrected chi connectivity index (χ0v) is 12.1. The molecule has 116 valence electrons. The van der Waals surface area contributed by atoms with E-state index in [-0.39, 0.29) is 17.8 Å². The Morgan fingerprint density at radius 1 is 1.43 bits per heavy atom. The van der Waals surface area contributed by atoms with Crippen LogP contribution in [0.3, 0.4) is 0 Å². The van der Waals surface area contributed by atoms with Crippen LogP contribution in [-0.4, -0.2) is 56.9 Å². The number of benzene rings is 1. The van der Waals surface area contributed by atoms with Gasteiger partial charge in [-0.15, -0.1) is 0 Å². The van der Waals surface area contributed by atoms with Gasteiger partial charge in [0.25, 0.3) is 0 Å². The van der Waals surface area contributed by atoms with E-state index in [9.17, 15) is 9.18 Å². The molecule has 0 aliphatic carbocycles. The smallest absolute Gasteiger partial charge is 0.325 e. The normalized spacial score (nSPS) is 19.2. The maximum Gasteiger partial charge on any atom is 0.325 e. The van der Waals surface area contributed by atoms with Gasteiger partial charge in [0.15, 0.2) is 0 Å². The molecule has 0 bridgehead atoms. The second-order valence-electron chi connectivity index (χ2n) is 4.81. The third-order valence-corrected chi connectivity index (χ3v) is 3.38. The van der Waals surface area contributed by atoms with Crippen LogP contribution in [0.15, 0.2) is 24.3 Å². The summed E-state index contributed by atoms with van der Waals surface area (Å²) in [7, 11) is 1.38. The topological polar surface area (TPSA) is 48.0 Å². The van der Waals surface area contributed by atoms with Crippen molar-refractivity contribution in [2.24, 2.45) is 0 Å². The molecule has 21 heavy (non-hydrogen) atoms. The van der Waals surface area contributed by atoms with E-state index >= 15 is 0 Å². The fourth-order valence-electron chi connectivity index (χ4n) is 2.25. The van der Waals surface area contributed by atoms with Crippen LogP contribution in [0.25, 0.3) is 0 Å². The van der Waals surface area contributed by atoms with Gasteiger partial charge < -0.3 is 14.2 Å². The Kier molecular flexibility index (Phi) is 5.95. The minimum absolute atomic E-state index is 0.269. The van der Waals surface area contributed by atoms with Crippen molar-refractivity contribution < 1.29 is 23.4 Å². The molecule has 1 fully saturated rings. The molecule has 1 aromatic rings. The molecule has 1 saturated heterocycles. The van der Waals surface area contributed by atoms with Crippen molar-refractivity contribution in [2.75, 3.05) is 40.0 Å². The largest absolute Gasteiger partial charge is 0.494 e. The van der Waals surface area contributed by atoms with Crippen molar-refractivity contribution in [1.29, 1.82) is 0 Å². The molecule has 1 aliphatic heterocycles. The molecule has 1 aromatic carbocycles. The van der Waals surface area contributed by atoms with Crippen LogP contribution in [0, 0.1) is 5.82 Å². The molecule has 1 heterocycles. The van der Waals surface area contributed by atoms with E-state index in [2.05, 4.69) is 0 Å². The van der Waals surface area contributed by atoms with Gasteiger partial charge in [0.1, 0.15) is 17.6 Å². The molecule has 0 radical (unpaired) electrons. The lowest BCUT2D eigenvalue weighted by Gasteiger charge is -2.33. The molecular formula is C15H20FNO4. The Hall–Kier alpha value is -1.66. The Balaban J connectivity index is 1.73. The number of carbonyl (C=O) groups excluding carboxylic acids is 1. The van der Waals surface area contributed by atoms with Crippen molar-refractivity contribution in [3.8, 4) is 5.75 Å². The molecule has 0 amide bonds. The van der Waals surface area contributed by atoms with Crippen LogP contribution in [0.1, 0.15) is 6.42 Å². The molecule has 1 atom stereocenters. The number of halogens is 1. The fraction of sp³-hybridized carbons (Fsp3) is 0.533. The highest BCUT2D eigenvalue weighted by atomic mass is 19.1. The van der Waals surface area contributed by atoms with Gasteiger partial charge in [-0.3, -0.25) is 9.69 Å². The lowest BCUT2D eigenvalue weighted by atomic mass is 10.2. The van der Waals surface area contributed by atoms with Gasteiger partial charge in [-0.05, 0) is 30.7 Å². The van der Waals surface area contributed by atoms with Gasteiger partial charge >= 0.3 is 5.97 Å². The molecular weight excluding hydrogens is 277 g/mol. The fourth-order valence-corrected chi connectivity index (χ4v) is 2.25. The lowest BCUT2D eigenvalue weighted by molar-refractivity contribution is -0.153. The number of methoxy groups -OCH3 is 1. The molecule has 6 heteroatoms. The quantitative estimate of drug-likeness (QED) is 0.588. The number of ether oxygens (including phenoxy) is 3. The predicted octanol–water partition coefficient (Wildman–Crippen LogP) is 1.47. The number of nitrogens with zero attached hydrogens (tertiary/aromatic N) is 1. The Labute approximate surface area is 123 Å². The zero-order valence-electron chi connectivity index (χ0n) is 12.1. The van der Waals surface area contributed by atoms with Gasteiger partial charge in [0.05, 0.1) is 26.9 Å². The van der Waals surface area contributed by atoms with Gasteiger partial charge in [-0.1, -0.05) is 0 Å². The minimum atomic E-state index is -0.338. The number of hydrogen-bond acceptors (Lipinski definition) is 5. The molecule has 0 saturated carbocycles. The predicted molar refractivity (Wildman–Crippen MR) is 74.7 cm³/mol. The maximum atomic E-state index is 12.8. The first-order valence-electron chi connectivity index (χ1n) is 6.98. The highest BCUT2D eigenvalue weighted by Gasteiger charge is 2.29. The van der Waals surface area contributed by atoms with E-state index in [0.717, 1.165) is 13.0 Å². The van der Waals surface area contributed by atoms with Gasteiger partial charge in [-0.25, -0.2) is 4.39 Å². The van der Waals surface area contributed by atoms with Crippen molar-refractivity contribution in [3.05, 3.63) is 30.1 Å². The first-order valence-corrected chi connectivity index (χ1v) is 6.98. The third kappa shape index (κ3) is 4.68. The summed E-state index contributed by atoms with van der Waals surface area (Å²) in [6.45, 7) is 2.93. The average Bonchev–Trinajstić information content (AvgIpc) is 2.53. The number of carbonyl (C=O) groups is 1. The summed E-state index contributed by atoms with van der Waals surface area (Å²) in [5.41, 5.74) is 0. The van der Waals surface area contributed by atoms with E-state index in [1.807, 2.05) is 4.90 Å². The Morgan fingerprint density at radius 2 is 2.19 bits per heavy atom. The number of esters is 1. The second kappa shape index (κ2) is 7.95. The molecule has 0 N–H and O–H groups in total. The first-order chi connectivity index (χ1) is 10.2. The first kappa shape index (κ1) is 15.7.